The zero-order valence-corrected chi connectivity index (χ0v) is 10.5. The second-order valence-electron chi connectivity index (χ2n) is 4.16. The van der Waals surface area contributed by atoms with Crippen molar-refractivity contribution in [2.24, 2.45) is 0 Å². The number of hydrogen-bond donors (Lipinski definition) is 1. The second-order valence-corrected chi connectivity index (χ2v) is 4.16. The topological polar surface area (TPSA) is 60.2 Å². The summed E-state index contributed by atoms with van der Waals surface area (Å²) in [6, 6.07) is 0. The van der Waals surface area contributed by atoms with Crippen LogP contribution in [0.3, 0.4) is 0 Å². The summed E-state index contributed by atoms with van der Waals surface area (Å²) in [6.07, 6.45) is 1.79. The van der Waals surface area contributed by atoms with Crippen molar-refractivity contribution in [1.82, 2.24) is 15.5 Å². The fraction of sp³-hybridized carbons (Fsp3) is 0.818. The van der Waals surface area contributed by atoms with Crippen LogP contribution in [-0.2, 0) is 16.8 Å². The van der Waals surface area contributed by atoms with Gasteiger partial charge in [0.1, 0.15) is 5.60 Å². The minimum atomic E-state index is -0.473. The number of nitrogens with one attached hydrogen (secondary N) is 1. The average Bonchev–Trinajstić information content (AvgIpc) is 2.67. The van der Waals surface area contributed by atoms with Gasteiger partial charge < -0.3 is 14.6 Å². The zero-order valence-electron chi connectivity index (χ0n) is 10.5. The Morgan fingerprint density at radius 2 is 2.19 bits per heavy atom. The molecule has 0 fully saturated rings. The monoisotopic (exact) mass is 227 g/mol. The molecular weight excluding hydrogens is 206 g/mol. The van der Waals surface area contributed by atoms with Crippen LogP contribution in [-0.4, -0.2) is 30.3 Å². The lowest BCUT2D eigenvalue weighted by molar-refractivity contribution is -0.0221. The van der Waals surface area contributed by atoms with Crippen LogP contribution in [0.25, 0.3) is 0 Å². The summed E-state index contributed by atoms with van der Waals surface area (Å²) in [6.45, 7) is 7.43. The van der Waals surface area contributed by atoms with E-state index in [2.05, 4.69) is 15.5 Å². The molecule has 1 aromatic rings. The molecule has 0 spiro atoms. The molecule has 0 aliphatic carbocycles. The first-order valence-electron chi connectivity index (χ1n) is 5.71. The third-order valence-electron chi connectivity index (χ3n) is 2.33. The van der Waals surface area contributed by atoms with Crippen LogP contribution in [0.15, 0.2) is 4.52 Å². The summed E-state index contributed by atoms with van der Waals surface area (Å²) in [5.41, 5.74) is -0.473. The van der Waals surface area contributed by atoms with E-state index in [-0.39, 0.29) is 0 Å². The van der Waals surface area contributed by atoms with E-state index in [1.54, 1.807) is 0 Å². The minimum absolute atomic E-state index is 0.473. The first kappa shape index (κ1) is 13.1. The van der Waals surface area contributed by atoms with E-state index in [0.717, 1.165) is 19.4 Å². The van der Waals surface area contributed by atoms with Gasteiger partial charge in [-0.05, 0) is 40.8 Å². The number of hydrogen-bond acceptors (Lipinski definition) is 5. The van der Waals surface area contributed by atoms with Gasteiger partial charge in [-0.1, -0.05) is 5.16 Å². The molecule has 0 aromatic carbocycles. The van der Waals surface area contributed by atoms with Crippen molar-refractivity contribution in [2.45, 2.75) is 39.2 Å². The summed E-state index contributed by atoms with van der Waals surface area (Å²) < 4.78 is 10.7. The van der Waals surface area contributed by atoms with Crippen LogP contribution >= 0.6 is 0 Å². The van der Waals surface area contributed by atoms with E-state index in [1.807, 2.05) is 27.8 Å². The Morgan fingerprint density at radius 3 is 2.81 bits per heavy atom. The number of nitrogens with zero attached hydrogens (tertiary/aromatic N) is 2. The Labute approximate surface area is 96.6 Å². The van der Waals surface area contributed by atoms with Crippen LogP contribution in [0.2, 0.25) is 0 Å². The molecule has 1 N–H and O–H groups in total. The predicted octanol–water partition coefficient (Wildman–Crippen LogP) is 1.49. The lowest BCUT2D eigenvalue weighted by Crippen LogP contribution is -2.23. The van der Waals surface area contributed by atoms with Gasteiger partial charge in [0.15, 0.2) is 0 Å². The molecule has 92 valence electrons. The molecule has 0 saturated heterocycles. The molecular formula is C11H21N3O2. The second kappa shape index (κ2) is 5.96. The standard InChI is InChI=1S/C11H21N3O2/c1-5-15-11(2,3)10-13-9(16-14-10)7-6-8-12-4/h12H,5-8H2,1-4H3. The highest BCUT2D eigenvalue weighted by Gasteiger charge is 2.26. The van der Waals surface area contributed by atoms with Gasteiger partial charge in [-0.15, -0.1) is 0 Å². The molecule has 0 radical (unpaired) electrons. The molecule has 0 atom stereocenters. The van der Waals surface area contributed by atoms with E-state index < -0.39 is 5.60 Å². The maximum absolute atomic E-state index is 5.56. The van der Waals surface area contributed by atoms with E-state index in [1.165, 1.54) is 0 Å². The van der Waals surface area contributed by atoms with Crippen molar-refractivity contribution in [1.29, 1.82) is 0 Å². The highest BCUT2D eigenvalue weighted by atomic mass is 16.5. The normalized spacial score (nSPS) is 12.0. The Hall–Kier alpha value is -0.940. The lowest BCUT2D eigenvalue weighted by Gasteiger charge is -2.19. The highest BCUT2D eigenvalue weighted by Crippen LogP contribution is 2.21. The molecule has 5 heteroatoms. The van der Waals surface area contributed by atoms with E-state index in [4.69, 9.17) is 9.26 Å². The van der Waals surface area contributed by atoms with Crippen LogP contribution in [0.4, 0.5) is 0 Å². The molecule has 0 unspecified atom stereocenters. The largest absolute Gasteiger partial charge is 0.368 e. The maximum Gasteiger partial charge on any atom is 0.226 e. The Kier molecular flexibility index (Phi) is 4.89. The molecule has 0 aliphatic rings. The van der Waals surface area contributed by atoms with Gasteiger partial charge in [0.25, 0.3) is 0 Å². The van der Waals surface area contributed by atoms with Crippen LogP contribution in [0, 0.1) is 0 Å². The van der Waals surface area contributed by atoms with Crippen molar-refractivity contribution in [2.75, 3.05) is 20.2 Å². The number of rotatable bonds is 7. The summed E-state index contributed by atoms with van der Waals surface area (Å²) in [5.74, 6) is 1.30. The van der Waals surface area contributed by atoms with Crippen LogP contribution < -0.4 is 5.32 Å². The van der Waals surface area contributed by atoms with Crippen LogP contribution in [0.1, 0.15) is 38.9 Å². The maximum atomic E-state index is 5.56. The minimum Gasteiger partial charge on any atom is -0.368 e. The summed E-state index contributed by atoms with van der Waals surface area (Å²) in [7, 11) is 1.93. The van der Waals surface area contributed by atoms with Gasteiger partial charge >= 0.3 is 0 Å². The summed E-state index contributed by atoms with van der Waals surface area (Å²) in [5, 5.41) is 7.03. The molecule has 1 heterocycles. The SMILES string of the molecule is CCOC(C)(C)c1noc(CCCNC)n1. The Balaban J connectivity index is 2.56. The van der Waals surface area contributed by atoms with Crippen molar-refractivity contribution < 1.29 is 9.26 Å². The molecule has 0 amide bonds. The van der Waals surface area contributed by atoms with Crippen molar-refractivity contribution in [3.63, 3.8) is 0 Å². The van der Waals surface area contributed by atoms with Crippen LogP contribution in [0.5, 0.6) is 0 Å². The molecule has 0 saturated carbocycles. The Bertz CT molecular complexity index is 310. The first-order chi connectivity index (χ1) is 7.60. The fourth-order valence-electron chi connectivity index (χ4n) is 1.44. The van der Waals surface area contributed by atoms with E-state index in [9.17, 15) is 0 Å². The quantitative estimate of drug-likeness (QED) is 0.715. The van der Waals surface area contributed by atoms with E-state index >= 15 is 0 Å². The molecule has 0 aliphatic heterocycles. The fourth-order valence-corrected chi connectivity index (χ4v) is 1.44. The first-order valence-corrected chi connectivity index (χ1v) is 5.71. The number of ether oxygens (including phenoxy) is 1. The van der Waals surface area contributed by atoms with Gasteiger partial charge in [0, 0.05) is 13.0 Å². The third-order valence-corrected chi connectivity index (χ3v) is 2.33. The summed E-state index contributed by atoms with van der Waals surface area (Å²) in [4.78, 5) is 4.34. The molecule has 5 nitrogen and oxygen atoms in total. The van der Waals surface area contributed by atoms with Crippen molar-refractivity contribution >= 4 is 0 Å². The predicted molar refractivity (Wildman–Crippen MR) is 61.2 cm³/mol. The molecule has 16 heavy (non-hydrogen) atoms. The zero-order chi connectivity index (χ0) is 12.0. The molecule has 0 bridgehead atoms. The third kappa shape index (κ3) is 3.57. The van der Waals surface area contributed by atoms with Gasteiger partial charge in [0.05, 0.1) is 0 Å². The van der Waals surface area contributed by atoms with Gasteiger partial charge in [-0.25, -0.2) is 0 Å². The van der Waals surface area contributed by atoms with Gasteiger partial charge in [0.2, 0.25) is 11.7 Å². The summed E-state index contributed by atoms with van der Waals surface area (Å²) >= 11 is 0. The number of aromatic nitrogens is 2. The lowest BCUT2D eigenvalue weighted by atomic mass is 10.1. The van der Waals surface area contributed by atoms with Crippen molar-refractivity contribution in [3.8, 4) is 0 Å². The smallest absolute Gasteiger partial charge is 0.226 e. The van der Waals surface area contributed by atoms with E-state index in [0.29, 0.717) is 18.3 Å². The van der Waals surface area contributed by atoms with Gasteiger partial charge in [-0.3, -0.25) is 0 Å². The molecule has 1 aromatic heterocycles. The highest BCUT2D eigenvalue weighted by molar-refractivity contribution is 4.97. The Morgan fingerprint density at radius 1 is 1.44 bits per heavy atom. The molecule has 1 rings (SSSR count). The van der Waals surface area contributed by atoms with Gasteiger partial charge in [-0.2, -0.15) is 4.98 Å². The van der Waals surface area contributed by atoms with Crippen molar-refractivity contribution in [3.05, 3.63) is 11.7 Å². The number of aryl methyl sites for hydroxylation is 1. The average molecular weight is 227 g/mol.